The monoisotopic (exact) mass is 159 g/mol. The minimum atomic E-state index is 0.217. The molecule has 3 heteroatoms. The van der Waals surface area contributed by atoms with Crippen LogP contribution in [0.3, 0.4) is 0 Å². The second kappa shape index (κ2) is 5.52. The third-order valence-electron chi connectivity index (χ3n) is 1.71. The molecule has 0 amide bonds. The molecule has 0 aromatic rings. The molecule has 0 aromatic heterocycles. The standard InChI is InChI=1S/C8H21N3/c1-8(2,6-10)7-11-5-3-4-9/h11H,3-7,9-10H2,1-2H3. The second-order valence-corrected chi connectivity index (χ2v) is 3.69. The lowest BCUT2D eigenvalue weighted by molar-refractivity contribution is 0.352. The van der Waals surface area contributed by atoms with E-state index in [0.717, 1.165) is 32.6 Å². The molecule has 0 rings (SSSR count). The Morgan fingerprint density at radius 1 is 1.27 bits per heavy atom. The molecule has 0 saturated heterocycles. The molecule has 0 unspecified atom stereocenters. The molecule has 0 aliphatic carbocycles. The average Bonchev–Trinajstić information content (AvgIpc) is 1.99. The summed E-state index contributed by atoms with van der Waals surface area (Å²) in [6.45, 7) is 7.77. The van der Waals surface area contributed by atoms with E-state index in [1.165, 1.54) is 0 Å². The summed E-state index contributed by atoms with van der Waals surface area (Å²) in [4.78, 5) is 0. The van der Waals surface area contributed by atoms with Crippen molar-refractivity contribution < 1.29 is 0 Å². The molecular weight excluding hydrogens is 138 g/mol. The zero-order valence-corrected chi connectivity index (χ0v) is 7.69. The van der Waals surface area contributed by atoms with E-state index in [9.17, 15) is 0 Å². The number of nitrogens with two attached hydrogens (primary N) is 2. The van der Waals surface area contributed by atoms with Crippen LogP contribution in [0.5, 0.6) is 0 Å². The summed E-state index contributed by atoms with van der Waals surface area (Å²) in [7, 11) is 0. The highest BCUT2D eigenvalue weighted by atomic mass is 14.9. The van der Waals surface area contributed by atoms with Crippen molar-refractivity contribution in [3.05, 3.63) is 0 Å². The van der Waals surface area contributed by atoms with Gasteiger partial charge in [0.1, 0.15) is 0 Å². The number of hydrogen-bond donors (Lipinski definition) is 3. The van der Waals surface area contributed by atoms with Gasteiger partial charge in [-0.1, -0.05) is 13.8 Å². The summed E-state index contributed by atoms with van der Waals surface area (Å²) in [6.07, 6.45) is 1.04. The fraction of sp³-hybridized carbons (Fsp3) is 1.00. The molecule has 0 aliphatic heterocycles. The Hall–Kier alpha value is -0.120. The van der Waals surface area contributed by atoms with E-state index in [4.69, 9.17) is 11.5 Å². The lowest BCUT2D eigenvalue weighted by Gasteiger charge is -2.22. The Kier molecular flexibility index (Phi) is 5.46. The maximum atomic E-state index is 5.56. The van der Waals surface area contributed by atoms with Gasteiger partial charge in [0.05, 0.1) is 0 Å². The summed E-state index contributed by atoms with van der Waals surface area (Å²) in [5.41, 5.74) is 11.1. The maximum Gasteiger partial charge on any atom is 0.00146 e. The zero-order chi connectivity index (χ0) is 8.74. The van der Waals surface area contributed by atoms with E-state index >= 15 is 0 Å². The van der Waals surface area contributed by atoms with E-state index in [2.05, 4.69) is 19.2 Å². The number of nitrogens with one attached hydrogen (secondary N) is 1. The van der Waals surface area contributed by atoms with Crippen molar-refractivity contribution in [1.29, 1.82) is 0 Å². The molecular formula is C8H21N3. The van der Waals surface area contributed by atoms with Gasteiger partial charge in [-0.25, -0.2) is 0 Å². The van der Waals surface area contributed by atoms with Crippen molar-refractivity contribution in [3.8, 4) is 0 Å². The molecule has 0 bridgehead atoms. The van der Waals surface area contributed by atoms with Crippen molar-refractivity contribution in [2.45, 2.75) is 20.3 Å². The van der Waals surface area contributed by atoms with E-state index < -0.39 is 0 Å². The largest absolute Gasteiger partial charge is 0.330 e. The highest BCUT2D eigenvalue weighted by Gasteiger charge is 2.13. The van der Waals surface area contributed by atoms with Crippen molar-refractivity contribution >= 4 is 0 Å². The summed E-state index contributed by atoms with van der Waals surface area (Å²) >= 11 is 0. The second-order valence-electron chi connectivity index (χ2n) is 3.69. The Morgan fingerprint density at radius 3 is 2.36 bits per heavy atom. The first-order valence-corrected chi connectivity index (χ1v) is 4.23. The van der Waals surface area contributed by atoms with E-state index in [-0.39, 0.29) is 5.41 Å². The van der Waals surface area contributed by atoms with Gasteiger partial charge in [0.2, 0.25) is 0 Å². The van der Waals surface area contributed by atoms with Gasteiger partial charge in [-0.05, 0) is 31.5 Å². The number of rotatable bonds is 6. The van der Waals surface area contributed by atoms with Crippen LogP contribution in [0.25, 0.3) is 0 Å². The summed E-state index contributed by atoms with van der Waals surface area (Å²) < 4.78 is 0. The van der Waals surface area contributed by atoms with Gasteiger partial charge < -0.3 is 16.8 Å². The molecule has 0 fully saturated rings. The molecule has 0 spiro atoms. The Labute approximate surface area is 69.5 Å². The van der Waals surface area contributed by atoms with Crippen LogP contribution in [0.4, 0.5) is 0 Å². The predicted octanol–water partition coefficient (Wildman–Crippen LogP) is -0.0903. The lowest BCUT2D eigenvalue weighted by atomic mass is 9.94. The van der Waals surface area contributed by atoms with Crippen LogP contribution in [-0.4, -0.2) is 26.2 Å². The quantitative estimate of drug-likeness (QED) is 0.475. The molecule has 0 saturated carbocycles. The Bertz CT molecular complexity index is 91.3. The van der Waals surface area contributed by atoms with Crippen LogP contribution in [0.15, 0.2) is 0 Å². The summed E-state index contributed by atoms with van der Waals surface area (Å²) in [6, 6.07) is 0. The molecule has 68 valence electrons. The predicted molar refractivity (Wildman–Crippen MR) is 49.4 cm³/mol. The third-order valence-corrected chi connectivity index (χ3v) is 1.71. The topological polar surface area (TPSA) is 64.1 Å². The minimum Gasteiger partial charge on any atom is -0.330 e. The van der Waals surface area contributed by atoms with Crippen molar-refractivity contribution in [2.24, 2.45) is 16.9 Å². The van der Waals surface area contributed by atoms with Crippen LogP contribution >= 0.6 is 0 Å². The van der Waals surface area contributed by atoms with Gasteiger partial charge >= 0.3 is 0 Å². The van der Waals surface area contributed by atoms with Crippen LogP contribution < -0.4 is 16.8 Å². The van der Waals surface area contributed by atoms with E-state index in [1.54, 1.807) is 0 Å². The lowest BCUT2D eigenvalue weighted by Crippen LogP contribution is -2.36. The fourth-order valence-corrected chi connectivity index (χ4v) is 0.726. The van der Waals surface area contributed by atoms with Crippen molar-refractivity contribution in [2.75, 3.05) is 26.2 Å². The average molecular weight is 159 g/mol. The molecule has 0 atom stereocenters. The molecule has 3 nitrogen and oxygen atoms in total. The smallest absolute Gasteiger partial charge is 0.00146 e. The van der Waals surface area contributed by atoms with E-state index in [0.29, 0.717) is 0 Å². The van der Waals surface area contributed by atoms with Crippen LogP contribution in [0.1, 0.15) is 20.3 Å². The SMILES string of the molecule is CC(C)(CN)CNCCCN. The molecule has 5 N–H and O–H groups in total. The summed E-state index contributed by atoms with van der Waals surface area (Å²) in [5.74, 6) is 0. The van der Waals surface area contributed by atoms with Gasteiger partial charge in [0.25, 0.3) is 0 Å². The Morgan fingerprint density at radius 2 is 1.91 bits per heavy atom. The first-order chi connectivity index (χ1) is 5.12. The van der Waals surface area contributed by atoms with Gasteiger partial charge in [-0.3, -0.25) is 0 Å². The highest BCUT2D eigenvalue weighted by Crippen LogP contribution is 2.09. The van der Waals surface area contributed by atoms with Gasteiger partial charge in [-0.15, -0.1) is 0 Å². The van der Waals surface area contributed by atoms with E-state index in [1.807, 2.05) is 0 Å². The summed E-state index contributed by atoms with van der Waals surface area (Å²) in [5, 5.41) is 3.32. The first kappa shape index (κ1) is 10.9. The first-order valence-electron chi connectivity index (χ1n) is 4.23. The van der Waals surface area contributed by atoms with Gasteiger partial charge in [0.15, 0.2) is 0 Å². The molecule has 11 heavy (non-hydrogen) atoms. The maximum absolute atomic E-state index is 5.56. The van der Waals surface area contributed by atoms with Gasteiger partial charge in [0, 0.05) is 6.54 Å². The zero-order valence-electron chi connectivity index (χ0n) is 7.69. The molecule has 0 aromatic carbocycles. The molecule has 0 aliphatic rings. The third kappa shape index (κ3) is 6.28. The normalized spacial score (nSPS) is 12.0. The number of hydrogen-bond acceptors (Lipinski definition) is 3. The van der Waals surface area contributed by atoms with Crippen LogP contribution in [-0.2, 0) is 0 Å². The van der Waals surface area contributed by atoms with Crippen molar-refractivity contribution in [3.63, 3.8) is 0 Å². The van der Waals surface area contributed by atoms with Crippen molar-refractivity contribution in [1.82, 2.24) is 5.32 Å². The van der Waals surface area contributed by atoms with Gasteiger partial charge in [-0.2, -0.15) is 0 Å². The Balaban J connectivity index is 3.23. The fourth-order valence-electron chi connectivity index (χ4n) is 0.726. The highest BCUT2D eigenvalue weighted by molar-refractivity contribution is 4.71. The van der Waals surface area contributed by atoms with Crippen LogP contribution in [0, 0.1) is 5.41 Å². The van der Waals surface area contributed by atoms with Crippen LogP contribution in [0.2, 0.25) is 0 Å². The minimum absolute atomic E-state index is 0.217. The molecule has 0 heterocycles. The molecule has 0 radical (unpaired) electrons.